The topological polar surface area (TPSA) is 20.2 Å². The number of rotatable bonds is 32. The Morgan fingerprint density at radius 1 is 0.474 bits per heavy atom. The number of hydrogen-bond donors (Lipinski definition) is 1. The van der Waals surface area contributed by atoms with Crippen LogP contribution in [0.4, 0.5) is 0 Å². The van der Waals surface area contributed by atoms with E-state index in [2.05, 4.69) is 51.2 Å². The van der Waals surface area contributed by atoms with Gasteiger partial charge < -0.3 is 5.11 Å². The third-order valence-corrected chi connectivity index (χ3v) is 10.7. The molecule has 0 radical (unpaired) electrons. The van der Waals surface area contributed by atoms with Crippen LogP contribution in [0.1, 0.15) is 182 Å². The van der Waals surface area contributed by atoms with Gasteiger partial charge in [0.15, 0.2) is 0 Å². The summed E-state index contributed by atoms with van der Waals surface area (Å²) >= 11 is 4.28. The molecule has 0 amide bonds. The normalized spacial score (nSPS) is 14.1. The van der Waals surface area contributed by atoms with Crippen molar-refractivity contribution in [3.8, 4) is 0 Å². The summed E-state index contributed by atoms with van der Waals surface area (Å²) < 4.78 is 0. The van der Waals surface area contributed by atoms with Crippen LogP contribution >= 0.6 is 23.5 Å². The molecule has 0 heterocycles. The van der Waals surface area contributed by atoms with Crippen LogP contribution in [-0.4, -0.2) is 34.2 Å². The van der Waals surface area contributed by atoms with E-state index in [1.807, 2.05) is 0 Å². The van der Waals surface area contributed by atoms with Gasteiger partial charge in [-0.2, -0.15) is 23.5 Å². The molecule has 0 aliphatic heterocycles. The Labute approximate surface area is 250 Å². The van der Waals surface area contributed by atoms with Crippen LogP contribution in [0.15, 0.2) is 0 Å². The maximum atomic E-state index is 10.8. The minimum atomic E-state index is -0.0996. The molecular formula is C35H72OS2. The Kier molecular flexibility index (Phi) is 32.7. The zero-order valence-electron chi connectivity index (χ0n) is 26.8. The molecule has 3 atom stereocenters. The SMILES string of the molecule is CCCCCCCCCCCCSCC(C)CC(O)CC(CCC)CSCCCCCCCCCCCC. The van der Waals surface area contributed by atoms with E-state index < -0.39 is 0 Å². The van der Waals surface area contributed by atoms with Gasteiger partial charge in [-0.3, -0.25) is 0 Å². The Balaban J connectivity index is 3.65. The van der Waals surface area contributed by atoms with Gasteiger partial charge in [-0.15, -0.1) is 0 Å². The van der Waals surface area contributed by atoms with Crippen LogP contribution < -0.4 is 0 Å². The van der Waals surface area contributed by atoms with E-state index in [1.165, 1.54) is 164 Å². The van der Waals surface area contributed by atoms with Gasteiger partial charge in [0.1, 0.15) is 0 Å². The highest BCUT2D eigenvalue weighted by Crippen LogP contribution is 2.24. The summed E-state index contributed by atoms with van der Waals surface area (Å²) in [7, 11) is 0. The summed E-state index contributed by atoms with van der Waals surface area (Å²) in [6.45, 7) is 9.25. The largest absolute Gasteiger partial charge is 0.393 e. The number of aliphatic hydroxyl groups excluding tert-OH is 1. The van der Waals surface area contributed by atoms with Crippen LogP contribution in [0.3, 0.4) is 0 Å². The molecule has 0 saturated heterocycles. The molecule has 0 bridgehead atoms. The van der Waals surface area contributed by atoms with Crippen molar-refractivity contribution in [3.63, 3.8) is 0 Å². The molecule has 1 nitrogen and oxygen atoms in total. The molecule has 0 fully saturated rings. The van der Waals surface area contributed by atoms with Gasteiger partial charge in [0, 0.05) is 0 Å². The van der Waals surface area contributed by atoms with Crippen LogP contribution in [0.5, 0.6) is 0 Å². The first-order valence-corrected chi connectivity index (χ1v) is 19.8. The third-order valence-electron chi connectivity index (χ3n) is 8.02. The lowest BCUT2D eigenvalue weighted by atomic mass is 9.94. The monoisotopic (exact) mass is 573 g/mol. The van der Waals surface area contributed by atoms with Gasteiger partial charge in [-0.1, -0.05) is 150 Å². The summed E-state index contributed by atoms with van der Waals surface area (Å²) in [5.74, 6) is 6.45. The highest BCUT2D eigenvalue weighted by molar-refractivity contribution is 7.99. The fourth-order valence-electron chi connectivity index (χ4n) is 5.61. The van der Waals surface area contributed by atoms with E-state index in [4.69, 9.17) is 0 Å². The van der Waals surface area contributed by atoms with Gasteiger partial charge >= 0.3 is 0 Å². The molecule has 0 aliphatic rings. The Bertz CT molecular complexity index is 430. The first-order valence-electron chi connectivity index (χ1n) is 17.5. The molecule has 0 aromatic carbocycles. The van der Waals surface area contributed by atoms with Gasteiger partial charge in [-0.25, -0.2) is 0 Å². The molecule has 0 aliphatic carbocycles. The van der Waals surface area contributed by atoms with Crippen LogP contribution in [0, 0.1) is 11.8 Å². The molecule has 0 rings (SSSR count). The highest BCUT2D eigenvalue weighted by atomic mass is 32.2. The van der Waals surface area contributed by atoms with Crippen molar-refractivity contribution < 1.29 is 5.11 Å². The maximum absolute atomic E-state index is 10.8. The van der Waals surface area contributed by atoms with Crippen molar-refractivity contribution in [3.05, 3.63) is 0 Å². The van der Waals surface area contributed by atoms with Crippen molar-refractivity contribution >= 4 is 23.5 Å². The molecule has 230 valence electrons. The van der Waals surface area contributed by atoms with Crippen molar-refractivity contribution in [1.82, 2.24) is 0 Å². The van der Waals surface area contributed by atoms with Crippen molar-refractivity contribution in [2.75, 3.05) is 23.0 Å². The second kappa shape index (κ2) is 32.2. The predicted octanol–water partition coefficient (Wildman–Crippen LogP) is 12.5. The molecule has 1 N–H and O–H groups in total. The number of aliphatic hydroxyl groups is 1. The van der Waals surface area contributed by atoms with Crippen molar-refractivity contribution in [1.29, 1.82) is 0 Å². The maximum Gasteiger partial charge on any atom is 0.0546 e. The first kappa shape index (κ1) is 38.7. The van der Waals surface area contributed by atoms with Crippen LogP contribution in [0.2, 0.25) is 0 Å². The summed E-state index contributed by atoms with van der Waals surface area (Å²) in [6.07, 6.45) is 32.9. The molecule has 0 saturated carbocycles. The summed E-state index contributed by atoms with van der Waals surface area (Å²) in [6, 6.07) is 0. The van der Waals surface area contributed by atoms with E-state index >= 15 is 0 Å². The van der Waals surface area contributed by atoms with Crippen molar-refractivity contribution in [2.45, 2.75) is 188 Å². The Hall–Kier alpha value is 0.660. The second-order valence-electron chi connectivity index (χ2n) is 12.4. The minimum absolute atomic E-state index is 0.0996. The molecule has 3 heteroatoms. The molecule has 0 aromatic heterocycles. The molecule has 3 unspecified atom stereocenters. The van der Waals surface area contributed by atoms with E-state index in [0.29, 0.717) is 11.8 Å². The zero-order chi connectivity index (χ0) is 27.9. The number of unbranched alkanes of at least 4 members (excludes halogenated alkanes) is 18. The van der Waals surface area contributed by atoms with Gasteiger partial charge in [0.2, 0.25) is 0 Å². The van der Waals surface area contributed by atoms with Gasteiger partial charge in [-0.05, 0) is 67.0 Å². The van der Waals surface area contributed by atoms with Crippen LogP contribution in [-0.2, 0) is 0 Å². The van der Waals surface area contributed by atoms with E-state index in [9.17, 15) is 5.11 Å². The lowest BCUT2D eigenvalue weighted by Crippen LogP contribution is -2.19. The second-order valence-corrected chi connectivity index (χ2v) is 14.7. The van der Waals surface area contributed by atoms with Crippen LogP contribution in [0.25, 0.3) is 0 Å². The molecular weight excluding hydrogens is 501 g/mol. The van der Waals surface area contributed by atoms with Crippen molar-refractivity contribution in [2.24, 2.45) is 11.8 Å². The molecule has 0 aromatic rings. The van der Waals surface area contributed by atoms with Gasteiger partial charge in [0.25, 0.3) is 0 Å². The summed E-state index contributed by atoms with van der Waals surface area (Å²) in [4.78, 5) is 0. The summed E-state index contributed by atoms with van der Waals surface area (Å²) in [5, 5.41) is 10.8. The van der Waals surface area contributed by atoms with E-state index in [1.54, 1.807) is 0 Å². The quantitative estimate of drug-likeness (QED) is 0.0809. The standard InChI is InChI=1S/C35H72OS2/c1-5-8-10-12-14-16-18-20-22-24-27-37-31-33(4)29-35(36)30-34(26-7-3)32-38-28-25-23-21-19-17-15-13-11-9-6-2/h33-36H,5-32H2,1-4H3. The summed E-state index contributed by atoms with van der Waals surface area (Å²) in [5.41, 5.74) is 0. The average Bonchev–Trinajstić information content (AvgIpc) is 2.90. The highest BCUT2D eigenvalue weighted by Gasteiger charge is 2.17. The van der Waals surface area contributed by atoms with Gasteiger partial charge in [0.05, 0.1) is 6.10 Å². The lowest BCUT2D eigenvalue weighted by Gasteiger charge is -2.22. The Morgan fingerprint density at radius 2 is 0.868 bits per heavy atom. The van der Waals surface area contributed by atoms with E-state index in [0.717, 1.165) is 12.8 Å². The lowest BCUT2D eigenvalue weighted by molar-refractivity contribution is 0.122. The zero-order valence-corrected chi connectivity index (χ0v) is 28.4. The fraction of sp³-hybridized carbons (Fsp3) is 1.00. The Morgan fingerprint density at radius 3 is 1.29 bits per heavy atom. The first-order chi connectivity index (χ1) is 18.6. The fourth-order valence-corrected chi connectivity index (χ4v) is 7.93. The predicted molar refractivity (Wildman–Crippen MR) is 181 cm³/mol. The third kappa shape index (κ3) is 29.6. The van der Waals surface area contributed by atoms with E-state index in [-0.39, 0.29) is 6.10 Å². The molecule has 0 spiro atoms. The molecule has 38 heavy (non-hydrogen) atoms. The number of thioether (sulfide) groups is 2. The minimum Gasteiger partial charge on any atom is -0.393 e. The average molecular weight is 573 g/mol. The smallest absolute Gasteiger partial charge is 0.0546 e. The number of hydrogen-bond acceptors (Lipinski definition) is 3.